The molecule has 0 saturated carbocycles. The first-order valence-corrected chi connectivity index (χ1v) is 7.50. The molecule has 5 heteroatoms. The molecule has 20 heavy (non-hydrogen) atoms. The van der Waals surface area contributed by atoms with E-state index in [2.05, 4.69) is 35.8 Å². The summed E-state index contributed by atoms with van der Waals surface area (Å²) in [6.07, 6.45) is 0. The minimum atomic E-state index is -0.00462. The zero-order valence-electron chi connectivity index (χ0n) is 11.8. The van der Waals surface area contributed by atoms with E-state index in [9.17, 15) is 4.79 Å². The maximum absolute atomic E-state index is 11.6. The summed E-state index contributed by atoms with van der Waals surface area (Å²) in [6.45, 7) is 3.48. The van der Waals surface area contributed by atoms with Gasteiger partial charge in [0, 0.05) is 29.3 Å². The Kier molecular flexibility index (Phi) is 5.52. The summed E-state index contributed by atoms with van der Waals surface area (Å²) in [6, 6.07) is 10.7. The Morgan fingerprint density at radius 2 is 2.20 bits per heavy atom. The second kappa shape index (κ2) is 7.38. The van der Waals surface area contributed by atoms with E-state index in [4.69, 9.17) is 4.74 Å². The monoisotopic (exact) mass is 292 g/mol. The third kappa shape index (κ3) is 4.03. The molecule has 0 spiro atoms. The van der Waals surface area contributed by atoms with Gasteiger partial charge in [0.2, 0.25) is 5.91 Å². The summed E-state index contributed by atoms with van der Waals surface area (Å²) >= 11 is 1.76. The standard InChI is InChI=1S/C15H20N2O2S/c1-11(17-10-15(18)16-7-8-19-2)14-9-12-5-3-4-6-13(12)20-14/h3-6,9,11,17H,7-8,10H2,1-2H3,(H,16,18). The van der Waals surface area contributed by atoms with Crippen LogP contribution in [0.3, 0.4) is 0 Å². The molecule has 0 bridgehead atoms. The fourth-order valence-corrected chi connectivity index (χ4v) is 3.01. The zero-order chi connectivity index (χ0) is 14.4. The number of carbonyl (C=O) groups excluding carboxylic acids is 1. The van der Waals surface area contributed by atoms with Crippen molar-refractivity contribution < 1.29 is 9.53 Å². The number of thiophene rings is 1. The number of rotatable bonds is 7. The Morgan fingerprint density at radius 1 is 1.40 bits per heavy atom. The van der Waals surface area contributed by atoms with Gasteiger partial charge in [0.15, 0.2) is 0 Å². The topological polar surface area (TPSA) is 50.4 Å². The summed E-state index contributed by atoms with van der Waals surface area (Å²) in [5, 5.41) is 7.29. The van der Waals surface area contributed by atoms with Crippen LogP contribution >= 0.6 is 11.3 Å². The number of carbonyl (C=O) groups is 1. The number of fused-ring (bicyclic) bond motifs is 1. The predicted octanol–water partition coefficient (Wildman–Crippen LogP) is 2.31. The lowest BCUT2D eigenvalue weighted by atomic mass is 10.2. The molecule has 2 rings (SSSR count). The van der Waals surface area contributed by atoms with Gasteiger partial charge in [-0.2, -0.15) is 0 Å². The summed E-state index contributed by atoms with van der Waals surface area (Å²) in [7, 11) is 1.62. The first-order chi connectivity index (χ1) is 9.70. The Bertz CT molecular complexity index is 535. The fraction of sp³-hybridized carbons (Fsp3) is 0.400. The summed E-state index contributed by atoms with van der Waals surface area (Å²) in [5.74, 6) is -0.00462. The minimum absolute atomic E-state index is 0.00462. The Morgan fingerprint density at radius 3 is 2.95 bits per heavy atom. The Hall–Kier alpha value is -1.43. The van der Waals surface area contributed by atoms with Gasteiger partial charge >= 0.3 is 0 Å². The Labute approximate surface area is 123 Å². The highest BCUT2D eigenvalue weighted by atomic mass is 32.1. The van der Waals surface area contributed by atoms with Crippen molar-refractivity contribution in [1.82, 2.24) is 10.6 Å². The molecule has 1 atom stereocenters. The summed E-state index contributed by atoms with van der Waals surface area (Å²) in [4.78, 5) is 12.8. The first kappa shape index (κ1) is 15.0. The van der Waals surface area contributed by atoms with Crippen molar-refractivity contribution in [2.24, 2.45) is 0 Å². The van der Waals surface area contributed by atoms with Gasteiger partial charge in [0.05, 0.1) is 13.2 Å². The van der Waals surface area contributed by atoms with Crippen LogP contribution in [0.2, 0.25) is 0 Å². The van der Waals surface area contributed by atoms with Crippen LogP contribution in [0.4, 0.5) is 0 Å². The van der Waals surface area contributed by atoms with Gasteiger partial charge in [0.1, 0.15) is 0 Å². The van der Waals surface area contributed by atoms with Crippen molar-refractivity contribution in [3.05, 3.63) is 35.2 Å². The van der Waals surface area contributed by atoms with Gasteiger partial charge in [-0.25, -0.2) is 0 Å². The summed E-state index contributed by atoms with van der Waals surface area (Å²) in [5.41, 5.74) is 0. The molecule has 2 aromatic rings. The number of hydrogen-bond donors (Lipinski definition) is 2. The molecule has 1 aromatic heterocycles. The fourth-order valence-electron chi connectivity index (χ4n) is 1.92. The molecule has 0 aliphatic rings. The first-order valence-electron chi connectivity index (χ1n) is 6.68. The van der Waals surface area contributed by atoms with E-state index in [0.29, 0.717) is 19.7 Å². The van der Waals surface area contributed by atoms with E-state index in [1.807, 2.05) is 12.1 Å². The molecule has 2 N–H and O–H groups in total. The van der Waals surface area contributed by atoms with Crippen LogP contribution in [0.5, 0.6) is 0 Å². The highest BCUT2D eigenvalue weighted by Gasteiger charge is 2.10. The highest BCUT2D eigenvalue weighted by molar-refractivity contribution is 7.19. The van der Waals surface area contributed by atoms with E-state index in [0.717, 1.165) is 0 Å². The van der Waals surface area contributed by atoms with E-state index in [1.165, 1.54) is 15.0 Å². The maximum Gasteiger partial charge on any atom is 0.234 e. The number of nitrogens with one attached hydrogen (secondary N) is 2. The molecule has 0 fully saturated rings. The summed E-state index contributed by atoms with van der Waals surface area (Å²) < 4.78 is 6.17. The smallest absolute Gasteiger partial charge is 0.234 e. The van der Waals surface area contributed by atoms with Crippen molar-refractivity contribution in [2.45, 2.75) is 13.0 Å². The number of methoxy groups -OCH3 is 1. The van der Waals surface area contributed by atoms with Crippen molar-refractivity contribution >= 4 is 27.3 Å². The number of ether oxygens (including phenoxy) is 1. The molecule has 1 amide bonds. The molecular formula is C15H20N2O2S. The van der Waals surface area contributed by atoms with Crippen molar-refractivity contribution in [3.8, 4) is 0 Å². The SMILES string of the molecule is COCCNC(=O)CNC(C)c1cc2ccccc2s1. The molecule has 1 heterocycles. The molecule has 1 unspecified atom stereocenters. The molecule has 4 nitrogen and oxygen atoms in total. The van der Waals surface area contributed by atoms with E-state index >= 15 is 0 Å². The maximum atomic E-state index is 11.6. The molecule has 0 aliphatic carbocycles. The second-order valence-corrected chi connectivity index (χ2v) is 5.75. The average molecular weight is 292 g/mol. The van der Waals surface area contributed by atoms with Gasteiger partial charge in [-0.05, 0) is 24.4 Å². The van der Waals surface area contributed by atoms with Crippen LogP contribution in [-0.2, 0) is 9.53 Å². The van der Waals surface area contributed by atoms with Crippen molar-refractivity contribution in [2.75, 3.05) is 26.8 Å². The molecular weight excluding hydrogens is 272 g/mol. The Balaban J connectivity index is 1.85. The van der Waals surface area contributed by atoms with Crippen LogP contribution in [0.25, 0.3) is 10.1 Å². The van der Waals surface area contributed by atoms with Crippen LogP contribution in [0, 0.1) is 0 Å². The van der Waals surface area contributed by atoms with Crippen molar-refractivity contribution in [3.63, 3.8) is 0 Å². The average Bonchev–Trinajstić information content (AvgIpc) is 2.89. The largest absolute Gasteiger partial charge is 0.383 e. The van der Waals surface area contributed by atoms with E-state index in [-0.39, 0.29) is 11.9 Å². The van der Waals surface area contributed by atoms with Gasteiger partial charge in [0.25, 0.3) is 0 Å². The molecule has 0 radical (unpaired) electrons. The van der Waals surface area contributed by atoms with Gasteiger partial charge in [-0.3, -0.25) is 4.79 Å². The lowest BCUT2D eigenvalue weighted by Crippen LogP contribution is -2.36. The zero-order valence-corrected chi connectivity index (χ0v) is 12.6. The van der Waals surface area contributed by atoms with Crippen LogP contribution in [-0.4, -0.2) is 32.7 Å². The van der Waals surface area contributed by atoms with Crippen LogP contribution in [0.15, 0.2) is 30.3 Å². The highest BCUT2D eigenvalue weighted by Crippen LogP contribution is 2.29. The van der Waals surface area contributed by atoms with Gasteiger partial charge in [-0.15, -0.1) is 11.3 Å². The minimum Gasteiger partial charge on any atom is -0.383 e. The van der Waals surface area contributed by atoms with Crippen LogP contribution < -0.4 is 10.6 Å². The predicted molar refractivity (Wildman–Crippen MR) is 83.1 cm³/mol. The molecule has 108 valence electrons. The molecule has 0 saturated heterocycles. The molecule has 1 aromatic carbocycles. The lowest BCUT2D eigenvalue weighted by Gasteiger charge is -2.11. The van der Waals surface area contributed by atoms with Crippen LogP contribution in [0.1, 0.15) is 17.8 Å². The third-order valence-electron chi connectivity index (χ3n) is 3.07. The van der Waals surface area contributed by atoms with E-state index < -0.39 is 0 Å². The number of hydrogen-bond acceptors (Lipinski definition) is 4. The van der Waals surface area contributed by atoms with E-state index in [1.54, 1.807) is 18.4 Å². The number of benzene rings is 1. The normalized spacial score (nSPS) is 12.5. The lowest BCUT2D eigenvalue weighted by molar-refractivity contribution is -0.120. The second-order valence-electron chi connectivity index (χ2n) is 4.63. The molecule has 0 aliphatic heterocycles. The third-order valence-corrected chi connectivity index (χ3v) is 4.37. The van der Waals surface area contributed by atoms with Gasteiger partial charge in [-0.1, -0.05) is 18.2 Å². The van der Waals surface area contributed by atoms with Crippen molar-refractivity contribution in [1.29, 1.82) is 0 Å². The number of amides is 1. The quantitative estimate of drug-likeness (QED) is 0.770. The van der Waals surface area contributed by atoms with Gasteiger partial charge < -0.3 is 15.4 Å².